The van der Waals surface area contributed by atoms with Crippen molar-refractivity contribution in [1.82, 2.24) is 9.55 Å². The zero-order valence-corrected chi connectivity index (χ0v) is 10.7. The van der Waals surface area contributed by atoms with Crippen LogP contribution in [0.3, 0.4) is 0 Å². The Hall–Kier alpha value is -1.24. The van der Waals surface area contributed by atoms with Crippen LogP contribution < -0.4 is 5.73 Å². The van der Waals surface area contributed by atoms with Crippen LogP contribution in [0.1, 0.15) is 12.8 Å². The van der Waals surface area contributed by atoms with E-state index in [-0.39, 0.29) is 18.8 Å². The minimum Gasteiger partial charge on any atom is -0.369 e. The predicted octanol–water partition coefficient (Wildman–Crippen LogP) is 3.43. The van der Waals surface area contributed by atoms with Crippen molar-refractivity contribution in [3.63, 3.8) is 0 Å². The van der Waals surface area contributed by atoms with Crippen LogP contribution in [-0.2, 0) is 5.54 Å². The topological polar surface area (TPSA) is 43.8 Å². The molecule has 0 spiro atoms. The van der Waals surface area contributed by atoms with Gasteiger partial charge < -0.3 is 5.73 Å². The summed E-state index contributed by atoms with van der Waals surface area (Å²) in [7, 11) is 0. The Morgan fingerprint density at radius 3 is 2.56 bits per heavy atom. The first-order chi connectivity index (χ1) is 8.35. The van der Waals surface area contributed by atoms with Gasteiger partial charge in [0, 0.05) is 4.47 Å². The Morgan fingerprint density at radius 1 is 1.33 bits per heavy atom. The molecule has 1 aromatic carbocycles. The molecule has 0 aliphatic heterocycles. The predicted molar refractivity (Wildman–Crippen MR) is 65.1 cm³/mol. The van der Waals surface area contributed by atoms with Gasteiger partial charge in [0.05, 0.1) is 11.0 Å². The Morgan fingerprint density at radius 2 is 2.00 bits per heavy atom. The van der Waals surface area contributed by atoms with E-state index in [1.165, 1.54) is 0 Å². The van der Waals surface area contributed by atoms with Gasteiger partial charge in [-0.05, 0) is 31.0 Å². The lowest BCUT2D eigenvalue weighted by Gasteiger charge is -2.22. The maximum absolute atomic E-state index is 13.2. The van der Waals surface area contributed by atoms with Crippen LogP contribution in [0.2, 0.25) is 0 Å². The summed E-state index contributed by atoms with van der Waals surface area (Å²) < 4.78 is 41.3. The Bertz CT molecular complexity index is 628. The number of rotatable bonds is 1. The minimum atomic E-state index is -4.31. The van der Waals surface area contributed by atoms with Crippen LogP contribution in [0.4, 0.5) is 19.1 Å². The summed E-state index contributed by atoms with van der Waals surface area (Å²) in [4.78, 5) is 3.99. The summed E-state index contributed by atoms with van der Waals surface area (Å²) in [5.41, 5.74) is 4.69. The van der Waals surface area contributed by atoms with E-state index >= 15 is 0 Å². The highest BCUT2D eigenvalue weighted by atomic mass is 79.9. The molecule has 3 nitrogen and oxygen atoms in total. The third-order valence-corrected chi connectivity index (χ3v) is 3.82. The number of imidazole rings is 1. The standard InChI is InChI=1S/C11H9BrF3N3/c12-6-1-2-7-8(5-6)18(9(16)17-7)10(3-4-10)11(13,14)15/h1-2,5H,3-4H2,(H2,16,17). The van der Waals surface area contributed by atoms with Crippen molar-refractivity contribution >= 4 is 32.9 Å². The quantitative estimate of drug-likeness (QED) is 0.875. The first-order valence-electron chi connectivity index (χ1n) is 5.36. The van der Waals surface area contributed by atoms with Gasteiger partial charge in [-0.1, -0.05) is 15.9 Å². The summed E-state index contributed by atoms with van der Waals surface area (Å²) >= 11 is 3.25. The van der Waals surface area contributed by atoms with E-state index < -0.39 is 11.7 Å². The Balaban J connectivity index is 2.29. The average Bonchev–Trinajstić information content (AvgIpc) is 2.98. The maximum atomic E-state index is 13.2. The van der Waals surface area contributed by atoms with Crippen molar-refractivity contribution < 1.29 is 13.2 Å². The van der Waals surface area contributed by atoms with Gasteiger partial charge in [-0.25, -0.2) is 4.98 Å². The number of anilines is 1. The zero-order chi connectivity index (χ0) is 13.1. The monoisotopic (exact) mass is 319 g/mol. The summed E-state index contributed by atoms with van der Waals surface area (Å²) in [6.45, 7) is 0. The number of nitrogens with two attached hydrogens (primary N) is 1. The molecule has 2 N–H and O–H groups in total. The number of alkyl halides is 3. The molecule has 1 aliphatic carbocycles. The van der Waals surface area contributed by atoms with Gasteiger partial charge >= 0.3 is 6.18 Å². The molecule has 1 heterocycles. The maximum Gasteiger partial charge on any atom is 0.412 e. The molecule has 1 fully saturated rings. The summed E-state index contributed by atoms with van der Waals surface area (Å²) in [6, 6.07) is 5.00. The van der Waals surface area contributed by atoms with Crippen molar-refractivity contribution in [3.05, 3.63) is 22.7 Å². The molecule has 2 aromatic rings. The Labute approximate surface area is 109 Å². The second kappa shape index (κ2) is 3.40. The fourth-order valence-electron chi connectivity index (χ4n) is 2.27. The number of nitrogen functional groups attached to an aromatic ring is 1. The van der Waals surface area contributed by atoms with E-state index in [0.29, 0.717) is 15.5 Å². The molecule has 1 saturated carbocycles. The molecule has 0 amide bonds. The van der Waals surface area contributed by atoms with E-state index in [0.717, 1.165) is 4.57 Å². The highest BCUT2D eigenvalue weighted by molar-refractivity contribution is 9.10. The number of aromatic nitrogens is 2. The smallest absolute Gasteiger partial charge is 0.369 e. The molecule has 3 rings (SSSR count). The first kappa shape index (κ1) is 11.8. The summed E-state index contributed by atoms with van der Waals surface area (Å²) in [6.07, 6.45) is -4.20. The first-order valence-corrected chi connectivity index (χ1v) is 6.15. The van der Waals surface area contributed by atoms with Crippen LogP contribution >= 0.6 is 15.9 Å². The third-order valence-electron chi connectivity index (χ3n) is 3.32. The van der Waals surface area contributed by atoms with Crippen molar-refractivity contribution in [1.29, 1.82) is 0 Å². The van der Waals surface area contributed by atoms with E-state index in [1.54, 1.807) is 18.2 Å². The van der Waals surface area contributed by atoms with E-state index in [4.69, 9.17) is 5.73 Å². The molecule has 0 radical (unpaired) electrons. The van der Waals surface area contributed by atoms with Gasteiger partial charge in [-0.2, -0.15) is 13.2 Å². The number of fused-ring (bicyclic) bond motifs is 1. The van der Waals surface area contributed by atoms with Gasteiger partial charge in [0.25, 0.3) is 0 Å². The van der Waals surface area contributed by atoms with Crippen molar-refractivity contribution in [2.75, 3.05) is 5.73 Å². The van der Waals surface area contributed by atoms with Crippen LogP contribution in [0.5, 0.6) is 0 Å². The third kappa shape index (κ3) is 1.46. The van der Waals surface area contributed by atoms with Gasteiger partial charge in [0.15, 0.2) is 0 Å². The number of hydrogen-bond acceptors (Lipinski definition) is 2. The van der Waals surface area contributed by atoms with Crippen LogP contribution in [-0.4, -0.2) is 15.7 Å². The molecule has 18 heavy (non-hydrogen) atoms. The van der Waals surface area contributed by atoms with Gasteiger partial charge in [-0.15, -0.1) is 0 Å². The second-order valence-electron chi connectivity index (χ2n) is 4.47. The number of benzene rings is 1. The highest BCUT2D eigenvalue weighted by Gasteiger charge is 2.65. The van der Waals surface area contributed by atoms with Crippen molar-refractivity contribution in [2.45, 2.75) is 24.6 Å². The molecule has 1 aliphatic rings. The normalized spacial score (nSPS) is 18.2. The van der Waals surface area contributed by atoms with Crippen LogP contribution in [0, 0.1) is 0 Å². The van der Waals surface area contributed by atoms with E-state index in [1.807, 2.05) is 0 Å². The molecule has 96 valence electrons. The molecule has 0 saturated heterocycles. The summed E-state index contributed by atoms with van der Waals surface area (Å²) in [5.74, 6) is -0.0853. The van der Waals surface area contributed by atoms with Gasteiger partial charge in [0.2, 0.25) is 5.95 Å². The zero-order valence-electron chi connectivity index (χ0n) is 9.13. The van der Waals surface area contributed by atoms with Crippen LogP contribution in [0.25, 0.3) is 11.0 Å². The fourth-order valence-corrected chi connectivity index (χ4v) is 2.62. The lowest BCUT2D eigenvalue weighted by Crippen LogP contribution is -2.35. The molecule has 1 aromatic heterocycles. The second-order valence-corrected chi connectivity index (χ2v) is 5.38. The van der Waals surface area contributed by atoms with Crippen molar-refractivity contribution in [2.24, 2.45) is 0 Å². The molecular formula is C11H9BrF3N3. The largest absolute Gasteiger partial charge is 0.412 e. The van der Waals surface area contributed by atoms with E-state index in [2.05, 4.69) is 20.9 Å². The molecule has 0 bridgehead atoms. The molecular weight excluding hydrogens is 311 g/mol. The fraction of sp³-hybridized carbons (Fsp3) is 0.364. The van der Waals surface area contributed by atoms with Gasteiger partial charge in [0.1, 0.15) is 5.54 Å². The summed E-state index contributed by atoms with van der Waals surface area (Å²) in [5, 5.41) is 0. The Kier molecular flexibility index (Phi) is 2.24. The number of halogens is 4. The minimum absolute atomic E-state index is 0.0542. The number of hydrogen-bond donors (Lipinski definition) is 1. The average molecular weight is 320 g/mol. The van der Waals surface area contributed by atoms with Gasteiger partial charge in [-0.3, -0.25) is 4.57 Å². The molecule has 0 unspecified atom stereocenters. The van der Waals surface area contributed by atoms with Crippen molar-refractivity contribution in [3.8, 4) is 0 Å². The number of nitrogens with zero attached hydrogens (tertiary/aromatic N) is 2. The molecule has 0 atom stereocenters. The molecule has 7 heteroatoms. The lowest BCUT2D eigenvalue weighted by molar-refractivity contribution is -0.178. The van der Waals surface area contributed by atoms with E-state index in [9.17, 15) is 13.2 Å². The SMILES string of the molecule is Nc1nc2ccc(Br)cc2n1C1(C(F)(F)F)CC1. The van der Waals surface area contributed by atoms with Crippen LogP contribution in [0.15, 0.2) is 22.7 Å². The highest BCUT2D eigenvalue weighted by Crippen LogP contribution is 2.57. The lowest BCUT2D eigenvalue weighted by atomic mass is 10.2.